The maximum Gasteiger partial charge on any atom is 0.303 e. The van der Waals surface area contributed by atoms with Crippen LogP contribution in [0.3, 0.4) is 0 Å². The number of hydrogen-bond donors (Lipinski definition) is 5. The first kappa shape index (κ1) is 34.6. The summed E-state index contributed by atoms with van der Waals surface area (Å²) >= 11 is 1.50. The number of nitrogens with zero attached hydrogens (tertiary/aromatic N) is 1. The number of carboxylic acid groups (broad SMARTS) is 1. The van der Waals surface area contributed by atoms with Crippen LogP contribution in [0.2, 0.25) is 0 Å². The van der Waals surface area contributed by atoms with Crippen LogP contribution in [-0.2, 0) is 33.6 Å². The van der Waals surface area contributed by atoms with Crippen LogP contribution in [0.25, 0.3) is 0 Å². The third-order valence-corrected chi connectivity index (χ3v) is 6.91. The van der Waals surface area contributed by atoms with E-state index in [0.717, 1.165) is 23.5 Å². The average Bonchev–Trinajstić information content (AvgIpc) is 3.21. The molecule has 14 heteroatoms. The summed E-state index contributed by atoms with van der Waals surface area (Å²) in [7, 11) is 0. The highest BCUT2D eigenvalue weighted by molar-refractivity contribution is 7.99. The summed E-state index contributed by atoms with van der Waals surface area (Å²) in [6, 6.07) is -2.64. The number of rotatable bonds is 20. The SMILES string of the molecule is CC(NC(=O)CCCCCN1C(=O)C=CC1=O)C(=O)NC(C)C(=O)NC(C)C(=O)NCSCCCCCC(=O)O. The van der Waals surface area contributed by atoms with Crippen molar-refractivity contribution in [1.29, 1.82) is 0 Å². The van der Waals surface area contributed by atoms with Crippen LogP contribution < -0.4 is 21.3 Å². The van der Waals surface area contributed by atoms with Gasteiger partial charge in [0.05, 0.1) is 5.88 Å². The van der Waals surface area contributed by atoms with Gasteiger partial charge in [-0.25, -0.2) is 0 Å². The Labute approximate surface area is 238 Å². The van der Waals surface area contributed by atoms with Crippen molar-refractivity contribution in [3.8, 4) is 0 Å². The molecule has 3 unspecified atom stereocenters. The summed E-state index contributed by atoms with van der Waals surface area (Å²) < 4.78 is 0. The van der Waals surface area contributed by atoms with Crippen molar-refractivity contribution in [2.75, 3.05) is 18.2 Å². The predicted molar refractivity (Wildman–Crippen MR) is 149 cm³/mol. The molecule has 1 heterocycles. The van der Waals surface area contributed by atoms with Gasteiger partial charge in [-0.1, -0.05) is 12.8 Å². The van der Waals surface area contributed by atoms with E-state index in [1.807, 2.05) is 0 Å². The number of nitrogens with one attached hydrogen (secondary N) is 4. The predicted octanol–water partition coefficient (Wildman–Crippen LogP) is 0.438. The van der Waals surface area contributed by atoms with Crippen LogP contribution in [0.15, 0.2) is 12.2 Å². The van der Waals surface area contributed by atoms with Crippen molar-refractivity contribution in [2.45, 2.75) is 90.3 Å². The fourth-order valence-corrected chi connectivity index (χ4v) is 4.37. The Morgan fingerprint density at radius 2 is 1.27 bits per heavy atom. The molecule has 0 radical (unpaired) electrons. The van der Waals surface area contributed by atoms with E-state index >= 15 is 0 Å². The van der Waals surface area contributed by atoms with Crippen LogP contribution >= 0.6 is 11.8 Å². The first-order valence-electron chi connectivity index (χ1n) is 13.4. The lowest BCUT2D eigenvalue weighted by Crippen LogP contribution is -2.54. The molecule has 0 fully saturated rings. The zero-order valence-corrected chi connectivity index (χ0v) is 24.1. The summed E-state index contributed by atoms with van der Waals surface area (Å²) in [5.41, 5.74) is 0. The summed E-state index contributed by atoms with van der Waals surface area (Å²) in [4.78, 5) is 83.8. The van der Waals surface area contributed by atoms with Gasteiger partial charge in [0.2, 0.25) is 23.6 Å². The molecule has 0 bridgehead atoms. The van der Waals surface area contributed by atoms with Gasteiger partial charge < -0.3 is 26.4 Å². The van der Waals surface area contributed by atoms with Gasteiger partial charge >= 0.3 is 5.97 Å². The highest BCUT2D eigenvalue weighted by Gasteiger charge is 2.24. The maximum atomic E-state index is 12.4. The number of carboxylic acids is 1. The molecular formula is C26H41N5O8S. The van der Waals surface area contributed by atoms with E-state index in [2.05, 4.69) is 21.3 Å². The van der Waals surface area contributed by atoms with Gasteiger partial charge in [0.1, 0.15) is 18.1 Å². The van der Waals surface area contributed by atoms with Crippen molar-refractivity contribution >= 4 is 53.2 Å². The minimum Gasteiger partial charge on any atom is -0.481 e. The molecular weight excluding hydrogens is 542 g/mol. The lowest BCUT2D eigenvalue weighted by Gasteiger charge is -2.20. The van der Waals surface area contributed by atoms with Crippen LogP contribution in [-0.4, -0.2) is 87.7 Å². The molecule has 1 rings (SSSR count). The van der Waals surface area contributed by atoms with Crippen molar-refractivity contribution < 1.29 is 38.7 Å². The molecule has 6 amide bonds. The Kier molecular flexibility index (Phi) is 16.3. The fraction of sp³-hybridized carbons (Fsp3) is 0.654. The molecule has 0 aliphatic carbocycles. The molecule has 0 aromatic carbocycles. The quantitative estimate of drug-likeness (QED) is 0.0769. The number of unbranched alkanes of at least 4 members (excludes halogenated alkanes) is 4. The van der Waals surface area contributed by atoms with E-state index in [-0.39, 0.29) is 36.5 Å². The Morgan fingerprint density at radius 1 is 0.750 bits per heavy atom. The first-order chi connectivity index (χ1) is 18.9. The molecule has 0 aromatic heterocycles. The zero-order valence-electron chi connectivity index (χ0n) is 23.3. The Balaban J connectivity index is 2.19. The van der Waals surface area contributed by atoms with Crippen molar-refractivity contribution in [3.05, 3.63) is 12.2 Å². The Hall–Kier alpha value is -3.42. The minimum absolute atomic E-state index is 0.153. The maximum absolute atomic E-state index is 12.4. The molecule has 0 aromatic rings. The molecule has 0 spiro atoms. The smallest absolute Gasteiger partial charge is 0.303 e. The molecule has 1 aliphatic heterocycles. The third-order valence-electron chi connectivity index (χ3n) is 5.99. The summed E-state index contributed by atoms with van der Waals surface area (Å²) in [5.74, 6) is -2.15. The van der Waals surface area contributed by atoms with Crippen LogP contribution in [0.1, 0.15) is 72.1 Å². The first-order valence-corrected chi connectivity index (χ1v) is 14.6. The van der Waals surface area contributed by atoms with Gasteiger partial charge in [0.25, 0.3) is 11.8 Å². The Morgan fingerprint density at radius 3 is 1.88 bits per heavy atom. The van der Waals surface area contributed by atoms with Gasteiger partial charge in [0, 0.05) is 31.5 Å². The van der Waals surface area contributed by atoms with Gasteiger partial charge in [-0.3, -0.25) is 38.5 Å². The van der Waals surface area contributed by atoms with Crippen molar-refractivity contribution in [3.63, 3.8) is 0 Å². The lowest BCUT2D eigenvalue weighted by atomic mass is 10.1. The largest absolute Gasteiger partial charge is 0.481 e. The van der Waals surface area contributed by atoms with Gasteiger partial charge in [-0.15, -0.1) is 11.8 Å². The topological polar surface area (TPSA) is 191 Å². The van der Waals surface area contributed by atoms with Gasteiger partial charge in [-0.2, -0.15) is 0 Å². The molecule has 0 saturated heterocycles. The second-order valence-corrected chi connectivity index (χ2v) is 10.6. The second kappa shape index (κ2) is 18.8. The van der Waals surface area contributed by atoms with Crippen LogP contribution in [0.5, 0.6) is 0 Å². The standard InChI is InChI=1S/C26H41N5O8S/c1-17(24(37)27-16-40-15-9-5-7-11-23(35)36)29-26(39)19(3)30-25(38)18(2)28-20(32)10-6-4-8-14-31-21(33)12-13-22(31)34/h12-13,17-19H,4-11,14-16H2,1-3H3,(H,27,37)(H,28,32)(H,29,39)(H,30,38)(H,35,36). The fourth-order valence-electron chi connectivity index (χ4n) is 3.58. The summed E-state index contributed by atoms with van der Waals surface area (Å²) in [5, 5.41) is 18.9. The number of hydrogen-bond acceptors (Lipinski definition) is 8. The van der Waals surface area contributed by atoms with Crippen LogP contribution in [0.4, 0.5) is 0 Å². The van der Waals surface area contributed by atoms with E-state index in [1.54, 1.807) is 0 Å². The molecule has 0 saturated carbocycles. The van der Waals surface area contributed by atoms with Crippen molar-refractivity contribution in [2.24, 2.45) is 0 Å². The molecule has 1 aliphatic rings. The van der Waals surface area contributed by atoms with E-state index in [0.29, 0.717) is 38.1 Å². The monoisotopic (exact) mass is 583 g/mol. The van der Waals surface area contributed by atoms with Crippen LogP contribution in [0, 0.1) is 0 Å². The van der Waals surface area contributed by atoms with E-state index in [4.69, 9.17) is 5.11 Å². The van der Waals surface area contributed by atoms with Crippen molar-refractivity contribution in [1.82, 2.24) is 26.2 Å². The highest BCUT2D eigenvalue weighted by atomic mass is 32.2. The number of aliphatic carboxylic acids is 1. The minimum atomic E-state index is -0.937. The number of amides is 6. The number of carbonyl (C=O) groups excluding carboxylic acids is 6. The second-order valence-electron chi connectivity index (χ2n) is 9.52. The average molecular weight is 584 g/mol. The van der Waals surface area contributed by atoms with Gasteiger partial charge in [0.15, 0.2) is 0 Å². The van der Waals surface area contributed by atoms with E-state index < -0.39 is 35.9 Å². The number of carbonyl (C=O) groups is 7. The number of imide groups is 1. The zero-order chi connectivity index (χ0) is 30.1. The molecule has 3 atom stereocenters. The lowest BCUT2D eigenvalue weighted by molar-refractivity contribution is -0.138. The van der Waals surface area contributed by atoms with E-state index in [1.165, 1.54) is 44.7 Å². The Bertz CT molecular complexity index is 939. The molecule has 13 nitrogen and oxygen atoms in total. The summed E-state index contributed by atoms with van der Waals surface area (Å²) in [6.07, 6.45) is 6.77. The number of thioether (sulfide) groups is 1. The van der Waals surface area contributed by atoms with Gasteiger partial charge in [-0.05, 0) is 52.2 Å². The highest BCUT2D eigenvalue weighted by Crippen LogP contribution is 2.08. The third kappa shape index (κ3) is 14.1. The normalized spacial score (nSPS) is 14.8. The molecule has 224 valence electrons. The van der Waals surface area contributed by atoms with E-state index in [9.17, 15) is 33.6 Å². The molecule has 5 N–H and O–H groups in total. The molecule has 40 heavy (non-hydrogen) atoms. The summed E-state index contributed by atoms with van der Waals surface area (Å²) in [6.45, 7) is 4.79.